The molecular formula is C23H29N3O6S. The van der Waals surface area contributed by atoms with Gasteiger partial charge in [-0.1, -0.05) is 0 Å². The second kappa shape index (κ2) is 10.5. The molecule has 0 spiro atoms. The first kappa shape index (κ1) is 23.5. The van der Waals surface area contributed by atoms with Crippen molar-refractivity contribution in [2.24, 2.45) is 0 Å². The fraction of sp³-hybridized carbons (Fsp3) is 0.435. The van der Waals surface area contributed by atoms with Crippen LogP contribution in [0.4, 0.5) is 11.4 Å². The first-order chi connectivity index (χ1) is 16.0. The van der Waals surface area contributed by atoms with E-state index in [9.17, 15) is 13.2 Å². The molecule has 0 bridgehead atoms. The highest BCUT2D eigenvalue weighted by molar-refractivity contribution is 7.89. The lowest BCUT2D eigenvalue weighted by Gasteiger charge is -2.28. The number of nitrogens with zero attached hydrogens (tertiary/aromatic N) is 2. The Balaban J connectivity index is 1.52. The first-order valence-electron chi connectivity index (χ1n) is 11.1. The van der Waals surface area contributed by atoms with E-state index >= 15 is 0 Å². The monoisotopic (exact) mass is 475 g/mol. The van der Waals surface area contributed by atoms with E-state index < -0.39 is 10.0 Å². The average molecular weight is 476 g/mol. The zero-order valence-corrected chi connectivity index (χ0v) is 19.5. The second-order valence-corrected chi connectivity index (χ2v) is 9.62. The van der Waals surface area contributed by atoms with Crippen LogP contribution in [-0.4, -0.2) is 77.8 Å². The standard InChI is InChI=1S/C23H29N3O6S/c1-2-32-21-8-5-19(17-22(21)33(28,29)26-11-15-31-16-12-26)24-23(27)18-3-6-20(7-4-18)25-9-13-30-14-10-25/h3-8,17H,2,9-16H2,1H3,(H,24,27). The maximum atomic E-state index is 13.2. The van der Waals surface area contributed by atoms with Crippen molar-refractivity contribution in [1.29, 1.82) is 0 Å². The van der Waals surface area contributed by atoms with Crippen LogP contribution >= 0.6 is 0 Å². The molecule has 0 radical (unpaired) electrons. The fourth-order valence-electron chi connectivity index (χ4n) is 3.84. The maximum absolute atomic E-state index is 13.2. The topological polar surface area (TPSA) is 97.4 Å². The summed E-state index contributed by atoms with van der Waals surface area (Å²) in [6.07, 6.45) is 0. The van der Waals surface area contributed by atoms with Crippen molar-refractivity contribution in [3.63, 3.8) is 0 Å². The molecule has 2 aromatic carbocycles. The lowest BCUT2D eigenvalue weighted by atomic mass is 10.1. The van der Waals surface area contributed by atoms with Gasteiger partial charge in [-0.25, -0.2) is 8.42 Å². The number of carbonyl (C=O) groups is 1. The Morgan fingerprint density at radius 1 is 0.970 bits per heavy atom. The Morgan fingerprint density at radius 3 is 2.24 bits per heavy atom. The molecule has 1 amide bonds. The van der Waals surface area contributed by atoms with Gasteiger partial charge in [0.2, 0.25) is 10.0 Å². The first-order valence-corrected chi connectivity index (χ1v) is 12.5. The van der Waals surface area contributed by atoms with Crippen LogP contribution in [0.15, 0.2) is 47.4 Å². The van der Waals surface area contributed by atoms with Crippen LogP contribution in [0, 0.1) is 0 Å². The average Bonchev–Trinajstić information content (AvgIpc) is 2.86. The molecule has 0 aliphatic carbocycles. The van der Waals surface area contributed by atoms with E-state index in [0.717, 1.165) is 18.8 Å². The number of morpholine rings is 2. The van der Waals surface area contributed by atoms with E-state index in [0.29, 0.717) is 44.3 Å². The summed E-state index contributed by atoms with van der Waals surface area (Å²) in [7, 11) is -3.79. The number of ether oxygens (including phenoxy) is 3. The molecule has 9 nitrogen and oxygen atoms in total. The van der Waals surface area contributed by atoms with E-state index in [1.807, 2.05) is 12.1 Å². The van der Waals surface area contributed by atoms with Gasteiger partial charge in [-0.15, -0.1) is 0 Å². The third-order valence-electron chi connectivity index (χ3n) is 5.60. The number of nitrogens with one attached hydrogen (secondary N) is 1. The van der Waals surface area contributed by atoms with Crippen molar-refractivity contribution in [2.75, 3.05) is 69.4 Å². The fourth-order valence-corrected chi connectivity index (χ4v) is 5.40. The lowest BCUT2D eigenvalue weighted by molar-refractivity contribution is 0.0729. The number of sulfonamides is 1. The Kier molecular flexibility index (Phi) is 7.49. The number of benzene rings is 2. The summed E-state index contributed by atoms with van der Waals surface area (Å²) in [6.45, 7) is 6.38. The van der Waals surface area contributed by atoms with Crippen molar-refractivity contribution in [1.82, 2.24) is 4.31 Å². The highest BCUT2D eigenvalue weighted by Crippen LogP contribution is 2.31. The van der Waals surface area contributed by atoms with Gasteiger partial charge in [0.05, 0.1) is 33.0 Å². The van der Waals surface area contributed by atoms with Crippen LogP contribution in [-0.2, 0) is 19.5 Å². The number of hydrogen-bond acceptors (Lipinski definition) is 7. The molecule has 0 saturated carbocycles. The minimum atomic E-state index is -3.79. The summed E-state index contributed by atoms with van der Waals surface area (Å²) in [6, 6.07) is 12.0. The molecule has 1 N–H and O–H groups in total. The molecule has 0 unspecified atom stereocenters. The molecule has 2 aliphatic heterocycles. The van der Waals surface area contributed by atoms with Crippen LogP contribution in [0.3, 0.4) is 0 Å². The van der Waals surface area contributed by atoms with Crippen LogP contribution in [0.2, 0.25) is 0 Å². The molecule has 0 atom stereocenters. The van der Waals surface area contributed by atoms with Crippen molar-refractivity contribution < 1.29 is 27.4 Å². The zero-order chi connectivity index (χ0) is 23.3. The summed E-state index contributed by atoms with van der Waals surface area (Å²) in [5.41, 5.74) is 1.90. The van der Waals surface area contributed by atoms with Crippen LogP contribution in [0.5, 0.6) is 5.75 Å². The molecule has 2 aliphatic rings. The normalized spacial score (nSPS) is 17.5. The minimum absolute atomic E-state index is 0.0340. The summed E-state index contributed by atoms with van der Waals surface area (Å²) < 4.78 is 44.1. The minimum Gasteiger partial charge on any atom is -0.492 e. The zero-order valence-electron chi connectivity index (χ0n) is 18.7. The molecule has 2 fully saturated rings. The van der Waals surface area contributed by atoms with E-state index in [2.05, 4.69) is 10.2 Å². The molecule has 33 heavy (non-hydrogen) atoms. The van der Waals surface area contributed by atoms with Crippen LogP contribution in [0.1, 0.15) is 17.3 Å². The molecule has 2 aromatic rings. The number of anilines is 2. The summed E-state index contributed by atoms with van der Waals surface area (Å²) in [5.74, 6) is -0.0562. The number of hydrogen-bond donors (Lipinski definition) is 1. The van der Waals surface area contributed by atoms with Gasteiger partial charge in [-0.3, -0.25) is 4.79 Å². The SMILES string of the molecule is CCOc1ccc(NC(=O)c2ccc(N3CCOCC3)cc2)cc1S(=O)(=O)N1CCOCC1. The number of rotatable bonds is 7. The molecule has 0 aromatic heterocycles. The number of amides is 1. The quantitative estimate of drug-likeness (QED) is 0.656. The van der Waals surface area contributed by atoms with Gasteiger partial charge in [0, 0.05) is 43.1 Å². The summed E-state index contributed by atoms with van der Waals surface area (Å²) >= 11 is 0. The van der Waals surface area contributed by atoms with E-state index in [1.165, 1.54) is 10.4 Å². The van der Waals surface area contributed by atoms with Gasteiger partial charge in [0.25, 0.3) is 5.91 Å². The predicted molar refractivity (Wildman–Crippen MR) is 125 cm³/mol. The van der Waals surface area contributed by atoms with Gasteiger partial charge in [0.1, 0.15) is 10.6 Å². The molecule has 10 heteroatoms. The third-order valence-corrected chi connectivity index (χ3v) is 7.51. The molecule has 178 valence electrons. The Hall–Kier alpha value is -2.66. The second-order valence-electron chi connectivity index (χ2n) is 7.71. The molecule has 2 saturated heterocycles. The van der Waals surface area contributed by atoms with Crippen molar-refractivity contribution >= 4 is 27.3 Å². The Labute approximate surface area is 194 Å². The van der Waals surface area contributed by atoms with Gasteiger partial charge in [0.15, 0.2) is 0 Å². The molecule has 4 rings (SSSR count). The van der Waals surface area contributed by atoms with Crippen LogP contribution < -0.4 is 15.0 Å². The van der Waals surface area contributed by atoms with E-state index in [-0.39, 0.29) is 29.6 Å². The summed E-state index contributed by atoms with van der Waals surface area (Å²) in [5, 5.41) is 2.81. The van der Waals surface area contributed by atoms with Gasteiger partial charge < -0.3 is 24.4 Å². The van der Waals surface area contributed by atoms with E-state index in [1.54, 1.807) is 31.2 Å². The van der Waals surface area contributed by atoms with Gasteiger partial charge in [-0.05, 0) is 49.4 Å². The highest BCUT2D eigenvalue weighted by atomic mass is 32.2. The van der Waals surface area contributed by atoms with Gasteiger partial charge in [-0.2, -0.15) is 4.31 Å². The van der Waals surface area contributed by atoms with Crippen molar-refractivity contribution in [3.05, 3.63) is 48.0 Å². The molecular weight excluding hydrogens is 446 g/mol. The lowest BCUT2D eigenvalue weighted by Crippen LogP contribution is -2.40. The predicted octanol–water partition coefficient (Wildman–Crippen LogP) is 2.20. The molecule has 2 heterocycles. The summed E-state index contributed by atoms with van der Waals surface area (Å²) in [4.78, 5) is 15.1. The highest BCUT2D eigenvalue weighted by Gasteiger charge is 2.30. The third kappa shape index (κ3) is 5.47. The Bertz CT molecular complexity index is 1060. The van der Waals surface area contributed by atoms with E-state index in [4.69, 9.17) is 14.2 Å². The Morgan fingerprint density at radius 2 is 1.61 bits per heavy atom. The number of carbonyl (C=O) groups excluding carboxylic acids is 1. The smallest absolute Gasteiger partial charge is 0.255 e. The van der Waals surface area contributed by atoms with Gasteiger partial charge >= 0.3 is 0 Å². The largest absolute Gasteiger partial charge is 0.492 e. The van der Waals surface area contributed by atoms with Crippen molar-refractivity contribution in [2.45, 2.75) is 11.8 Å². The van der Waals surface area contributed by atoms with Crippen molar-refractivity contribution in [3.8, 4) is 5.75 Å². The maximum Gasteiger partial charge on any atom is 0.255 e. The van der Waals surface area contributed by atoms with Crippen LogP contribution in [0.25, 0.3) is 0 Å².